The van der Waals surface area contributed by atoms with Crippen LogP contribution in [-0.2, 0) is 16.0 Å². The van der Waals surface area contributed by atoms with Gasteiger partial charge in [0.15, 0.2) is 5.69 Å². The van der Waals surface area contributed by atoms with E-state index in [0.717, 1.165) is 21.3 Å². The highest BCUT2D eigenvalue weighted by molar-refractivity contribution is 7.18. The van der Waals surface area contributed by atoms with Crippen molar-refractivity contribution in [1.82, 2.24) is 15.6 Å². The summed E-state index contributed by atoms with van der Waals surface area (Å²) in [5.74, 6) is -0.721. The molecular formula is C20H15N5O2S. The number of hydrogen-bond acceptors (Lipinski definition) is 5. The minimum absolute atomic E-state index is 0.0768. The first-order chi connectivity index (χ1) is 13.6. The van der Waals surface area contributed by atoms with Crippen molar-refractivity contribution in [2.45, 2.75) is 6.42 Å². The summed E-state index contributed by atoms with van der Waals surface area (Å²) in [4.78, 5) is 31.3. The number of rotatable bonds is 6. The molecule has 1 aromatic heterocycles. The largest absolute Gasteiger partial charge is 0.347 e. The smallest absolute Gasteiger partial charge is 0.240 e. The highest BCUT2D eigenvalue weighted by atomic mass is 32.1. The molecule has 0 aliphatic rings. The molecule has 0 bridgehead atoms. The summed E-state index contributed by atoms with van der Waals surface area (Å²) in [6, 6.07) is 15.0. The number of hydrogen-bond donors (Lipinski definition) is 2. The number of fused-ring (bicyclic) bond motifs is 1. The maximum absolute atomic E-state index is 12.0. The first-order valence-electron chi connectivity index (χ1n) is 8.37. The lowest BCUT2D eigenvalue weighted by atomic mass is 10.1. The molecule has 2 aromatic carbocycles. The molecule has 0 aliphatic carbocycles. The molecule has 138 valence electrons. The predicted octanol–water partition coefficient (Wildman–Crippen LogP) is 2.81. The third-order valence-electron chi connectivity index (χ3n) is 3.86. The van der Waals surface area contributed by atoms with Gasteiger partial charge in [0.25, 0.3) is 0 Å². The molecule has 3 aromatic rings. The van der Waals surface area contributed by atoms with E-state index in [2.05, 4.69) is 20.5 Å². The fourth-order valence-electron chi connectivity index (χ4n) is 2.56. The molecule has 0 aliphatic heterocycles. The minimum atomic E-state index is -0.412. The van der Waals surface area contributed by atoms with Crippen LogP contribution in [0, 0.1) is 17.9 Å². The zero-order chi connectivity index (χ0) is 19.9. The lowest BCUT2D eigenvalue weighted by molar-refractivity contribution is -0.125. The molecular weight excluding hydrogens is 374 g/mol. The Morgan fingerprint density at radius 3 is 2.75 bits per heavy atom. The van der Waals surface area contributed by atoms with Crippen LogP contribution in [0.1, 0.15) is 5.01 Å². The summed E-state index contributed by atoms with van der Waals surface area (Å²) >= 11 is 1.42. The number of carbonyl (C=O) groups excluding carboxylic acids is 2. The Labute approximate surface area is 165 Å². The van der Waals surface area contributed by atoms with Gasteiger partial charge in [0.1, 0.15) is 11.6 Å². The van der Waals surface area contributed by atoms with Gasteiger partial charge in [-0.25, -0.2) is 9.83 Å². The molecule has 8 heteroatoms. The average molecular weight is 389 g/mol. The van der Waals surface area contributed by atoms with Gasteiger partial charge in [0.05, 0.1) is 35.8 Å². The standard InChI is InChI=1S/C20H15N5O2S/c1-22-15-4-2-3-13(9-15)14-5-6-16-17(10-14)28-20(25-16)11-18(26)24-12-19(27)23-8-7-21/h2-6,9-10H,8,11-12H2,(H,23,27)(H,24,26). The van der Waals surface area contributed by atoms with Crippen molar-refractivity contribution in [3.63, 3.8) is 0 Å². The Balaban J connectivity index is 1.69. The van der Waals surface area contributed by atoms with Crippen molar-refractivity contribution in [3.8, 4) is 17.2 Å². The molecule has 0 saturated carbocycles. The number of amides is 2. The number of carbonyl (C=O) groups is 2. The van der Waals surface area contributed by atoms with Crippen molar-refractivity contribution < 1.29 is 9.59 Å². The SMILES string of the molecule is [C-]#[N+]c1cccc(-c2ccc3nc(CC(=O)NCC(=O)NCC#N)sc3c2)c1. The molecule has 3 rings (SSSR count). The van der Waals surface area contributed by atoms with Crippen molar-refractivity contribution in [2.75, 3.05) is 13.1 Å². The van der Waals surface area contributed by atoms with Gasteiger partial charge < -0.3 is 10.6 Å². The normalized spacial score (nSPS) is 10.1. The van der Waals surface area contributed by atoms with Gasteiger partial charge >= 0.3 is 0 Å². The summed E-state index contributed by atoms with van der Waals surface area (Å²) in [5.41, 5.74) is 3.31. The van der Waals surface area contributed by atoms with Crippen LogP contribution in [0.25, 0.3) is 26.2 Å². The van der Waals surface area contributed by atoms with E-state index in [1.54, 1.807) is 12.1 Å². The third-order valence-corrected chi connectivity index (χ3v) is 4.88. The van der Waals surface area contributed by atoms with Gasteiger partial charge in [0.2, 0.25) is 11.8 Å². The second-order valence-corrected chi connectivity index (χ2v) is 6.96. The van der Waals surface area contributed by atoms with Crippen LogP contribution in [0.5, 0.6) is 0 Å². The summed E-state index contributed by atoms with van der Waals surface area (Å²) in [7, 11) is 0. The Morgan fingerprint density at radius 2 is 1.96 bits per heavy atom. The molecule has 0 unspecified atom stereocenters. The highest BCUT2D eigenvalue weighted by Crippen LogP contribution is 2.30. The van der Waals surface area contributed by atoms with Gasteiger partial charge in [-0.2, -0.15) is 5.26 Å². The summed E-state index contributed by atoms with van der Waals surface area (Å²) in [6.45, 7) is 6.87. The zero-order valence-electron chi connectivity index (χ0n) is 14.7. The average Bonchev–Trinajstić information content (AvgIpc) is 3.12. The maximum Gasteiger partial charge on any atom is 0.240 e. The van der Waals surface area contributed by atoms with Gasteiger partial charge in [0, 0.05) is 0 Å². The first-order valence-corrected chi connectivity index (χ1v) is 9.18. The molecule has 2 amide bonds. The topological polar surface area (TPSA) is 99.2 Å². The molecule has 0 atom stereocenters. The molecule has 0 radical (unpaired) electrons. The third kappa shape index (κ3) is 4.70. The molecule has 0 fully saturated rings. The number of nitriles is 1. The van der Waals surface area contributed by atoms with E-state index in [-0.39, 0.29) is 25.4 Å². The van der Waals surface area contributed by atoms with Crippen molar-refractivity contribution >= 4 is 39.1 Å². The monoisotopic (exact) mass is 389 g/mol. The summed E-state index contributed by atoms with van der Waals surface area (Å²) in [5, 5.41) is 13.9. The van der Waals surface area contributed by atoms with Crippen LogP contribution in [0.4, 0.5) is 5.69 Å². The van der Waals surface area contributed by atoms with Crippen molar-refractivity contribution in [2.24, 2.45) is 0 Å². The minimum Gasteiger partial charge on any atom is -0.347 e. The van der Waals surface area contributed by atoms with Crippen LogP contribution >= 0.6 is 11.3 Å². The predicted molar refractivity (Wildman–Crippen MR) is 107 cm³/mol. The zero-order valence-corrected chi connectivity index (χ0v) is 15.5. The van der Waals surface area contributed by atoms with E-state index in [1.807, 2.05) is 36.4 Å². The van der Waals surface area contributed by atoms with Crippen LogP contribution in [0.3, 0.4) is 0 Å². The Kier molecular flexibility index (Phi) is 5.95. The molecule has 2 N–H and O–H groups in total. The quantitative estimate of drug-likeness (QED) is 0.500. The van der Waals surface area contributed by atoms with E-state index in [9.17, 15) is 9.59 Å². The number of thiazole rings is 1. The van der Waals surface area contributed by atoms with Crippen LogP contribution in [0.15, 0.2) is 42.5 Å². The van der Waals surface area contributed by atoms with E-state index in [1.165, 1.54) is 11.3 Å². The fourth-order valence-corrected chi connectivity index (χ4v) is 3.57. The molecule has 28 heavy (non-hydrogen) atoms. The van der Waals surface area contributed by atoms with Gasteiger partial charge in [-0.3, -0.25) is 9.59 Å². The Hall–Kier alpha value is -3.75. The number of nitrogens with zero attached hydrogens (tertiary/aromatic N) is 3. The van der Waals surface area contributed by atoms with E-state index < -0.39 is 5.91 Å². The van der Waals surface area contributed by atoms with Gasteiger partial charge in [-0.05, 0) is 29.3 Å². The van der Waals surface area contributed by atoms with Gasteiger partial charge in [-0.15, -0.1) is 11.3 Å². The Morgan fingerprint density at radius 1 is 1.14 bits per heavy atom. The lowest BCUT2D eigenvalue weighted by Gasteiger charge is -2.03. The number of benzene rings is 2. The summed E-state index contributed by atoms with van der Waals surface area (Å²) in [6.07, 6.45) is 0.0768. The van der Waals surface area contributed by atoms with Crippen molar-refractivity contribution in [3.05, 3.63) is 58.9 Å². The second kappa shape index (κ2) is 8.76. The maximum atomic E-state index is 12.0. The Bertz CT molecular complexity index is 1120. The van der Waals surface area contributed by atoms with Crippen LogP contribution in [0.2, 0.25) is 0 Å². The molecule has 7 nitrogen and oxygen atoms in total. The number of nitrogens with one attached hydrogen (secondary N) is 2. The second-order valence-electron chi connectivity index (χ2n) is 5.84. The van der Waals surface area contributed by atoms with Crippen LogP contribution < -0.4 is 10.6 Å². The van der Waals surface area contributed by atoms with E-state index >= 15 is 0 Å². The van der Waals surface area contributed by atoms with E-state index in [4.69, 9.17) is 11.8 Å². The molecule has 0 saturated heterocycles. The summed E-state index contributed by atoms with van der Waals surface area (Å²) < 4.78 is 0.945. The van der Waals surface area contributed by atoms with Crippen molar-refractivity contribution in [1.29, 1.82) is 5.26 Å². The molecule has 0 spiro atoms. The van der Waals surface area contributed by atoms with Gasteiger partial charge in [-0.1, -0.05) is 24.3 Å². The molecule has 1 heterocycles. The first kappa shape index (κ1) is 19.0. The fraction of sp³-hybridized carbons (Fsp3) is 0.150. The van der Waals surface area contributed by atoms with E-state index in [0.29, 0.717) is 10.7 Å². The lowest BCUT2D eigenvalue weighted by Crippen LogP contribution is -2.37. The number of aromatic nitrogens is 1. The van der Waals surface area contributed by atoms with Crippen LogP contribution in [-0.4, -0.2) is 29.9 Å². The highest BCUT2D eigenvalue weighted by Gasteiger charge is 2.11.